The molecule has 1 aromatic heterocycles. The highest BCUT2D eigenvalue weighted by Crippen LogP contribution is 2.36. The van der Waals surface area contributed by atoms with Crippen molar-refractivity contribution >= 4 is 19.9 Å². The summed E-state index contributed by atoms with van der Waals surface area (Å²) in [5.41, 5.74) is 0. The molecule has 1 aromatic rings. The monoisotopic (exact) mass is 319 g/mol. The Morgan fingerprint density at radius 3 is 2.55 bits per heavy atom. The van der Waals surface area contributed by atoms with Crippen molar-refractivity contribution in [2.24, 2.45) is 0 Å². The smallest absolute Gasteiger partial charge is 0.262 e. The summed E-state index contributed by atoms with van der Waals surface area (Å²) in [6.45, 7) is 3.93. The first-order valence-corrected chi connectivity index (χ1v) is 9.64. The summed E-state index contributed by atoms with van der Waals surface area (Å²) >= 11 is 0. The number of sulfone groups is 1. The van der Waals surface area contributed by atoms with Crippen LogP contribution < -0.4 is 0 Å². The molecular weight excluding hydrogens is 302 g/mol. The zero-order valence-electron chi connectivity index (χ0n) is 11.3. The lowest BCUT2D eigenvalue weighted by Gasteiger charge is -2.24. The second kappa shape index (κ2) is 4.28. The number of sulfonamides is 1. The Hall–Kier alpha value is -0.930. The van der Waals surface area contributed by atoms with E-state index in [0.717, 1.165) is 0 Å². The van der Waals surface area contributed by atoms with Gasteiger partial charge in [0, 0.05) is 24.8 Å². The third kappa shape index (κ3) is 1.99. The van der Waals surface area contributed by atoms with Crippen LogP contribution in [0.3, 0.4) is 0 Å². The van der Waals surface area contributed by atoms with Crippen LogP contribution in [0.2, 0.25) is 0 Å². The van der Waals surface area contributed by atoms with E-state index >= 15 is 0 Å². The van der Waals surface area contributed by atoms with Gasteiger partial charge < -0.3 is 4.57 Å². The van der Waals surface area contributed by atoms with Crippen molar-refractivity contribution < 1.29 is 16.8 Å². The molecule has 0 aliphatic carbocycles. The van der Waals surface area contributed by atoms with Crippen LogP contribution >= 0.6 is 0 Å². The molecule has 0 amide bonds. The molecule has 0 radical (unpaired) electrons. The van der Waals surface area contributed by atoms with Gasteiger partial charge in [-0.15, -0.1) is 0 Å². The van der Waals surface area contributed by atoms with Crippen LogP contribution in [0.4, 0.5) is 0 Å². The van der Waals surface area contributed by atoms with Gasteiger partial charge in [-0.25, -0.2) is 21.8 Å². The van der Waals surface area contributed by atoms with Gasteiger partial charge in [0.05, 0.1) is 17.3 Å². The number of aromatic nitrogens is 2. The summed E-state index contributed by atoms with van der Waals surface area (Å²) in [5.74, 6) is -0.0677. The van der Waals surface area contributed by atoms with Crippen molar-refractivity contribution in [2.75, 3.05) is 12.3 Å². The summed E-state index contributed by atoms with van der Waals surface area (Å²) in [5, 5.41) is -0.550. The first kappa shape index (κ1) is 14.0. The molecule has 2 fully saturated rings. The molecule has 2 aliphatic heterocycles. The van der Waals surface area contributed by atoms with Crippen LogP contribution in [0.5, 0.6) is 0 Å². The van der Waals surface area contributed by atoms with Gasteiger partial charge in [-0.05, 0) is 20.3 Å². The maximum atomic E-state index is 12.5. The molecule has 3 heterocycles. The number of nitrogens with zero attached hydrogens (tertiary/aromatic N) is 3. The van der Waals surface area contributed by atoms with Gasteiger partial charge in [-0.3, -0.25) is 0 Å². The Kier molecular flexibility index (Phi) is 3.00. The summed E-state index contributed by atoms with van der Waals surface area (Å²) in [4.78, 5) is 3.96. The zero-order valence-corrected chi connectivity index (χ0v) is 12.9. The van der Waals surface area contributed by atoms with E-state index in [1.807, 2.05) is 13.8 Å². The molecule has 2 aliphatic rings. The summed E-state index contributed by atoms with van der Waals surface area (Å²) < 4.78 is 51.4. The lowest BCUT2D eigenvalue weighted by molar-refractivity contribution is 0.401. The van der Waals surface area contributed by atoms with E-state index < -0.39 is 31.2 Å². The number of hydrogen-bond donors (Lipinski definition) is 0. The molecule has 3 rings (SSSR count). The van der Waals surface area contributed by atoms with Gasteiger partial charge in [0.2, 0.25) is 0 Å². The fourth-order valence-corrected chi connectivity index (χ4v) is 6.63. The third-order valence-electron chi connectivity index (χ3n) is 4.01. The molecule has 20 heavy (non-hydrogen) atoms. The van der Waals surface area contributed by atoms with Crippen molar-refractivity contribution in [2.45, 2.75) is 42.6 Å². The molecule has 7 nitrogen and oxygen atoms in total. The van der Waals surface area contributed by atoms with Gasteiger partial charge in [-0.2, -0.15) is 4.31 Å². The quantitative estimate of drug-likeness (QED) is 0.784. The first-order valence-electron chi connectivity index (χ1n) is 6.48. The molecule has 0 spiro atoms. The fourth-order valence-electron chi connectivity index (χ4n) is 2.81. The molecule has 2 atom stereocenters. The Labute approximate surface area is 118 Å². The Morgan fingerprint density at radius 2 is 2.10 bits per heavy atom. The van der Waals surface area contributed by atoms with Gasteiger partial charge in [-0.1, -0.05) is 0 Å². The van der Waals surface area contributed by atoms with Crippen molar-refractivity contribution in [3.05, 3.63) is 12.5 Å². The van der Waals surface area contributed by atoms with E-state index in [1.165, 1.54) is 16.8 Å². The van der Waals surface area contributed by atoms with Crippen molar-refractivity contribution in [3.63, 3.8) is 0 Å². The molecule has 2 unspecified atom stereocenters. The standard InChI is InChI=1S/C11H17N3O4S2/c1-8(2)13-5-11(12-7-13)20(17,18)14-4-10-3-9(14)6-19(10,15)16/h5,7-10H,3-4,6H2,1-2H3. The number of hydrogen-bond acceptors (Lipinski definition) is 5. The number of rotatable bonds is 3. The predicted molar refractivity (Wildman–Crippen MR) is 72.5 cm³/mol. The highest BCUT2D eigenvalue weighted by atomic mass is 32.2. The van der Waals surface area contributed by atoms with Crippen molar-refractivity contribution in [1.29, 1.82) is 0 Å². The lowest BCUT2D eigenvalue weighted by atomic mass is 10.3. The molecule has 2 saturated heterocycles. The molecule has 9 heteroatoms. The highest BCUT2D eigenvalue weighted by Gasteiger charge is 2.53. The maximum absolute atomic E-state index is 12.5. The highest BCUT2D eigenvalue weighted by molar-refractivity contribution is 7.93. The van der Waals surface area contributed by atoms with E-state index in [2.05, 4.69) is 4.98 Å². The fraction of sp³-hybridized carbons (Fsp3) is 0.727. The molecule has 0 N–H and O–H groups in total. The van der Waals surface area contributed by atoms with E-state index in [0.29, 0.717) is 6.42 Å². The summed E-state index contributed by atoms with van der Waals surface area (Å²) in [6, 6.07) is -0.305. The topological polar surface area (TPSA) is 89.3 Å². The van der Waals surface area contributed by atoms with Crippen LogP contribution in [0.15, 0.2) is 17.6 Å². The van der Waals surface area contributed by atoms with E-state index in [4.69, 9.17) is 0 Å². The average Bonchev–Trinajstić information content (AvgIpc) is 2.99. The molecular formula is C11H17N3O4S2. The second-order valence-electron chi connectivity index (χ2n) is 5.67. The Balaban J connectivity index is 1.91. The van der Waals surface area contributed by atoms with Crippen LogP contribution in [0.25, 0.3) is 0 Å². The third-order valence-corrected chi connectivity index (χ3v) is 8.02. The minimum atomic E-state index is -3.70. The van der Waals surface area contributed by atoms with E-state index in [1.54, 1.807) is 4.57 Å². The van der Waals surface area contributed by atoms with Crippen molar-refractivity contribution in [1.82, 2.24) is 13.9 Å². The number of imidazole rings is 1. The maximum Gasteiger partial charge on any atom is 0.262 e. The summed E-state index contributed by atoms with van der Waals surface area (Å²) in [7, 11) is -6.80. The van der Waals surface area contributed by atoms with Gasteiger partial charge in [0.1, 0.15) is 0 Å². The predicted octanol–water partition coefficient (Wildman–Crippen LogP) is 0.0240. The summed E-state index contributed by atoms with van der Waals surface area (Å²) in [6.07, 6.45) is 3.40. The Morgan fingerprint density at radius 1 is 1.40 bits per heavy atom. The second-order valence-corrected chi connectivity index (χ2v) is 9.83. The van der Waals surface area contributed by atoms with Gasteiger partial charge in [0.25, 0.3) is 10.0 Å². The van der Waals surface area contributed by atoms with Crippen LogP contribution in [-0.2, 0) is 19.9 Å². The molecule has 2 bridgehead atoms. The first-order chi connectivity index (χ1) is 9.22. The lowest BCUT2D eigenvalue weighted by Crippen LogP contribution is -2.44. The minimum Gasteiger partial charge on any atom is -0.334 e. The Bertz CT molecular complexity index is 735. The van der Waals surface area contributed by atoms with E-state index in [9.17, 15) is 16.8 Å². The van der Waals surface area contributed by atoms with Gasteiger partial charge >= 0.3 is 0 Å². The largest absolute Gasteiger partial charge is 0.334 e. The normalized spacial score (nSPS) is 29.4. The zero-order chi connectivity index (χ0) is 14.7. The average molecular weight is 319 g/mol. The minimum absolute atomic E-state index is 0.00357. The molecule has 112 valence electrons. The van der Waals surface area contributed by atoms with Crippen LogP contribution in [-0.4, -0.2) is 54.3 Å². The number of fused-ring (bicyclic) bond motifs is 2. The van der Waals surface area contributed by atoms with Crippen molar-refractivity contribution in [3.8, 4) is 0 Å². The molecule has 0 aromatic carbocycles. The molecule has 0 saturated carbocycles. The van der Waals surface area contributed by atoms with Gasteiger partial charge in [0.15, 0.2) is 14.9 Å². The SMILES string of the molecule is CC(C)n1cnc(S(=O)(=O)N2CC3CC2CS3(=O)=O)c1. The van der Waals surface area contributed by atoms with Crippen LogP contribution in [0.1, 0.15) is 26.3 Å². The van der Waals surface area contributed by atoms with Crippen LogP contribution in [0, 0.1) is 0 Å². The van der Waals surface area contributed by atoms with E-state index in [-0.39, 0.29) is 23.4 Å².